The molecule has 121 heavy (non-hydrogen) atoms. The summed E-state index contributed by atoms with van der Waals surface area (Å²) in [5.74, 6) is -4.55. The van der Waals surface area contributed by atoms with Crippen LogP contribution in [0.1, 0.15) is 56.8 Å². The van der Waals surface area contributed by atoms with Crippen molar-refractivity contribution in [3.63, 3.8) is 0 Å². The molecule has 27 atom stereocenters. The second kappa shape index (κ2) is 32.2. The number of anilines is 5. The Kier molecular flexibility index (Phi) is 23.9. The molecular formula is C49H65N23O41P8. The number of aromatic amines is 1. The smallest absolute Gasteiger partial charge is 0.388 e. The fourth-order valence-corrected chi connectivity index (χ4v) is 24.0. The van der Waals surface area contributed by atoms with Gasteiger partial charge in [0, 0.05) is 19.0 Å². The van der Waals surface area contributed by atoms with E-state index in [-0.39, 0.29) is 45.0 Å². The van der Waals surface area contributed by atoms with Gasteiger partial charge in [-0.15, -0.1) is 0 Å². The van der Waals surface area contributed by atoms with Gasteiger partial charge in [-0.1, -0.05) is 0 Å². The van der Waals surface area contributed by atoms with Crippen LogP contribution in [0.5, 0.6) is 0 Å². The third-order valence-electron chi connectivity index (χ3n) is 19.4. The maximum Gasteiger partial charge on any atom is 0.490 e. The number of aliphatic hydroxyl groups excluding tert-OH is 7. The van der Waals surface area contributed by atoms with Crippen LogP contribution in [0, 0.1) is 5.92 Å². The quantitative estimate of drug-likeness (QED) is 0.0186. The molecule has 9 aromatic heterocycles. The number of aliphatic hydroxyl groups is 8. The maximum absolute atomic E-state index is 14.9. The number of nitrogens with one attached hydrogen (secondary N) is 1. The summed E-state index contributed by atoms with van der Waals surface area (Å²) in [6, 6.07) is 0.893. The molecule has 0 spiro atoms. The van der Waals surface area contributed by atoms with Crippen LogP contribution in [0.2, 0.25) is 0 Å². The maximum atomic E-state index is 14.9. The number of rotatable bonds is 30. The van der Waals surface area contributed by atoms with E-state index in [2.05, 4.69) is 90.7 Å². The minimum absolute atomic E-state index is 0.146. The summed E-state index contributed by atoms with van der Waals surface area (Å²) in [6.45, 7) is 0. The highest BCUT2D eigenvalue weighted by Gasteiger charge is 2.73. The first-order valence-corrected chi connectivity index (χ1v) is 45.6. The lowest BCUT2D eigenvalue weighted by Crippen LogP contribution is -2.64. The largest absolute Gasteiger partial charge is 0.490 e. The lowest BCUT2D eigenvalue weighted by molar-refractivity contribution is -0.226. The first-order chi connectivity index (χ1) is 56.2. The van der Waals surface area contributed by atoms with Crippen molar-refractivity contribution in [3.8, 4) is 0 Å². The third-order valence-corrected chi connectivity index (χ3v) is 30.4. The van der Waals surface area contributed by atoms with E-state index >= 15 is 0 Å². The van der Waals surface area contributed by atoms with Crippen molar-refractivity contribution in [1.82, 2.24) is 87.6 Å². The molecule has 5 aliphatic heterocycles. The molecule has 0 radical (unpaired) electrons. The Hall–Kier alpha value is -7.52. The van der Waals surface area contributed by atoms with E-state index in [1.807, 2.05) is 0 Å². The molecule has 0 amide bonds. The first-order valence-electron chi connectivity index (χ1n) is 33.5. The predicted octanol–water partition coefficient (Wildman–Crippen LogP) is -6.24. The van der Waals surface area contributed by atoms with E-state index in [0.717, 1.165) is 70.3 Å². The van der Waals surface area contributed by atoms with Crippen molar-refractivity contribution >= 4 is 136 Å². The fourth-order valence-electron chi connectivity index (χ4n) is 14.8. The summed E-state index contributed by atoms with van der Waals surface area (Å²) >= 11 is 0. The molecule has 14 rings (SSSR count). The van der Waals surface area contributed by atoms with Gasteiger partial charge in [0.2, 0.25) is 0 Å². The highest BCUT2D eigenvalue weighted by atomic mass is 31.3. The molecule has 7 unspecified atom stereocenters. The van der Waals surface area contributed by atoms with E-state index < -0.39 is 256 Å². The van der Waals surface area contributed by atoms with Gasteiger partial charge in [-0.2, -0.15) is 35.8 Å². The Morgan fingerprint density at radius 1 is 0.430 bits per heavy atom. The summed E-state index contributed by atoms with van der Waals surface area (Å²) in [7, 11) is -52.7. The summed E-state index contributed by atoms with van der Waals surface area (Å²) in [6.07, 6.45) is -43.8. The zero-order chi connectivity index (χ0) is 88.1. The molecule has 72 heteroatoms. The van der Waals surface area contributed by atoms with Gasteiger partial charge in [0.1, 0.15) is 119 Å². The number of hydrogen-bond acceptors (Lipinski definition) is 48. The van der Waals surface area contributed by atoms with Gasteiger partial charge in [-0.3, -0.25) is 36.9 Å². The van der Waals surface area contributed by atoms with Gasteiger partial charge in [-0.25, -0.2) is 95.9 Å². The van der Waals surface area contributed by atoms with E-state index in [4.69, 9.17) is 61.4 Å². The SMILES string of the molecule is Nc1ccn([C@@H]2O[C@](C[C@H]3O[C@@H](n4cnc5c(N)[nH]c(=O)nc54)[C@H](O)[C@H]3O)(C(C[C@H]3O[C@@H](n4cnc5c(N)ncnc54)[C@H](O)[C@H]3O)C[C@H]3O[C@@H](n4cnc5c(N)ncnc54)[C@H](O)[C@H]3OP(=O)(O)OP(=O)(O)OP(=O)(O)OP(=O)(O)O)[C@](O)(C[C@H]3O[C@@H](n4cnc5c(N)ncnc54)[C@H](OP(=O)(O)OP(=O)(O)OP(=O)(O)OP(=O)(O)O)[C@H]3O)[C@@H]2O)c(=O)n1. The van der Waals surface area contributed by atoms with Gasteiger partial charge >= 0.3 is 74.0 Å². The van der Waals surface area contributed by atoms with Crippen molar-refractivity contribution in [2.24, 2.45) is 5.92 Å². The molecule has 5 saturated heterocycles. The van der Waals surface area contributed by atoms with Crippen LogP contribution in [-0.4, -0.2) is 268 Å². The summed E-state index contributed by atoms with van der Waals surface area (Å²) in [4.78, 5) is 179. The molecular weight excluding hydrogens is 1810 g/mol. The highest BCUT2D eigenvalue weighted by molar-refractivity contribution is 7.70. The first kappa shape index (κ1) is 89.7. The van der Waals surface area contributed by atoms with Crippen LogP contribution >= 0.6 is 62.6 Å². The molecule has 9 aromatic rings. The molecule has 0 saturated carbocycles. The number of ether oxygens (including phenoxy) is 5. The van der Waals surface area contributed by atoms with Crippen molar-refractivity contribution in [1.29, 1.82) is 0 Å². The Labute approximate surface area is 666 Å². The topological polar surface area (TPSA) is 980 Å². The molecule has 5 fully saturated rings. The number of nitrogens with two attached hydrogens (primary N) is 5. The predicted molar refractivity (Wildman–Crippen MR) is 381 cm³/mol. The Balaban J connectivity index is 0.979. The van der Waals surface area contributed by atoms with E-state index in [9.17, 15) is 136 Å². The summed E-state index contributed by atoms with van der Waals surface area (Å²) in [5.41, 5.74) is 17.7. The fraction of sp³-hybridized carbons (Fsp3) is 0.510. The number of aromatic nitrogens is 18. The highest BCUT2D eigenvalue weighted by Crippen LogP contribution is 2.73. The van der Waals surface area contributed by atoms with Crippen LogP contribution in [0.4, 0.5) is 29.1 Å². The second-order valence-corrected chi connectivity index (χ2v) is 39.0. The number of nitrogens with zero attached hydrogens (tertiary/aromatic N) is 17. The van der Waals surface area contributed by atoms with Crippen LogP contribution in [0.25, 0.3) is 44.7 Å². The molecule has 5 aliphatic rings. The van der Waals surface area contributed by atoms with Crippen LogP contribution in [0.15, 0.2) is 66.1 Å². The number of imidazole rings is 4. The minimum atomic E-state index is -6.85. The normalized spacial score (nSPS) is 32.5. The molecule has 0 aliphatic carbocycles. The molecule has 0 aromatic carbocycles. The molecule has 662 valence electrons. The van der Waals surface area contributed by atoms with E-state index in [1.54, 1.807) is 0 Å². The number of phosphoric acid groups is 8. The standard InChI is InChI=1S/C49H65N23O41P8/c50-19-1-2-68(47(81)65-19)45-32(79)48(82,5-17-26(75)31(44(104-17)71-12-63-22-35(53)57-9-60-39(22)71)107-117(91,92)111-121(99,100)113-119(95,96)109-115(86,87)88)49(105-45,6-18-25(74)28(77)42(103-18)72-13-64-23-36(54)66-46(80)67-40(23)72)14(3-15-24(73)27(76)41(101-15)69-10-61-20-33(51)55-7-58-37(20)69)4-16-30(29(78)43(102-16)70-11-62-21-34(52)56-8-59-38(21)70)106-116(89,90)110-120(97,98)112-118(93,94)108-114(83,84)85/h1-2,7-18,24-32,41-45,73-79,82H,3-6H2,(H,89,90)(H,91,92)(H,93,94)(H,95,96)(H,97,98)(H,99,100)(H2,50,65,81)(H2,51,55,58)(H2,52,56,59)(H2,53,57,60)(H2,83,84,85)(H2,86,87,88)(H3,54,66,67,80)/t14?,15-,16-,17-,18-,24+,25+,26+,27-,28-,29-,30+,31-,32-,41-,42-,43-,44-,45-,48+,49-/m1/s1. The zero-order valence-corrected chi connectivity index (χ0v) is 66.7. The number of fused-ring (bicyclic) bond motifs is 4. The van der Waals surface area contributed by atoms with Crippen molar-refractivity contribution in [2.45, 2.75) is 147 Å². The molecule has 0 bridgehead atoms. The van der Waals surface area contributed by atoms with Gasteiger partial charge in [-0.05, 0) is 24.8 Å². The van der Waals surface area contributed by atoms with Crippen molar-refractivity contribution in [3.05, 3.63) is 77.5 Å². The van der Waals surface area contributed by atoms with Crippen molar-refractivity contribution < 1.29 is 185 Å². The monoisotopic (exact) mass is 1880 g/mol. The average molecular weight is 1880 g/mol. The average Bonchev–Trinajstić information content (AvgIpc) is 1.53. The molecule has 64 nitrogen and oxygen atoms in total. The Morgan fingerprint density at radius 2 is 0.826 bits per heavy atom. The number of phosphoric ester groups is 2. The van der Waals surface area contributed by atoms with Crippen LogP contribution < -0.4 is 40.0 Å². The summed E-state index contributed by atoms with van der Waals surface area (Å²) in [5, 5.41) is 104. The lowest BCUT2D eigenvalue weighted by Gasteiger charge is -2.50. The minimum Gasteiger partial charge on any atom is -0.388 e. The van der Waals surface area contributed by atoms with Crippen molar-refractivity contribution in [2.75, 3.05) is 28.7 Å². The van der Waals surface area contributed by atoms with Gasteiger partial charge in [0.15, 0.2) is 71.2 Å². The molecule has 14 heterocycles. The van der Waals surface area contributed by atoms with Gasteiger partial charge in [0.25, 0.3) is 0 Å². The summed E-state index contributed by atoms with van der Waals surface area (Å²) < 4.78 is 174. The molecule has 29 N–H and O–H groups in total. The Morgan fingerprint density at radius 3 is 1.31 bits per heavy atom. The van der Waals surface area contributed by atoms with E-state index in [1.165, 1.54) is 0 Å². The van der Waals surface area contributed by atoms with Gasteiger partial charge in [0.05, 0.1) is 49.7 Å². The number of nitrogen functional groups attached to an aromatic ring is 5. The van der Waals surface area contributed by atoms with Gasteiger partial charge < -0.3 is 142 Å². The lowest BCUT2D eigenvalue weighted by atomic mass is 9.63. The second-order valence-electron chi connectivity index (χ2n) is 27.0. The Bertz CT molecular complexity index is 6060. The third kappa shape index (κ3) is 17.8. The van der Waals surface area contributed by atoms with Crippen LogP contribution in [-0.2, 0) is 95.1 Å². The van der Waals surface area contributed by atoms with Crippen LogP contribution in [0.3, 0.4) is 0 Å². The number of H-pyrrole nitrogens is 1. The van der Waals surface area contributed by atoms with E-state index in [0.29, 0.717) is 9.13 Å². The number of hydrogen-bond donors (Lipinski definition) is 24. The zero-order valence-electron chi connectivity index (χ0n) is 59.5.